The van der Waals surface area contributed by atoms with Gasteiger partial charge in [-0.2, -0.15) is 0 Å². The Bertz CT molecular complexity index is 1360. The molecule has 9 N–H and O–H groups in total. The molecule has 0 aliphatic carbocycles. The van der Waals surface area contributed by atoms with Crippen LogP contribution in [0, 0.1) is 17.8 Å². The van der Waals surface area contributed by atoms with Crippen LogP contribution in [0.4, 0.5) is 0 Å². The molecule has 0 aliphatic rings. The fourth-order valence-electron chi connectivity index (χ4n) is 7.23. The van der Waals surface area contributed by atoms with E-state index in [1.807, 2.05) is 6.92 Å². The first kappa shape index (κ1) is 65.3. The molecule has 0 heterocycles. The van der Waals surface area contributed by atoms with Crippen molar-refractivity contribution in [3.05, 3.63) is 0 Å². The van der Waals surface area contributed by atoms with Crippen molar-refractivity contribution < 1.29 is 66.0 Å². The topological polar surface area (TPSA) is 292 Å². The summed E-state index contributed by atoms with van der Waals surface area (Å²) in [6.07, 6.45) is 21.6. The molecule has 0 aliphatic heterocycles. The number of amides is 3. The SMILES string of the molecule is CCC(=O)CC[C@H](NC(=O)CCCCCCCCCCCCCCCCC(=O)O)C(=O)O.CCCOCCOCC(=O)NCCCC[C@H](CC(=O)[C@H](C)CO)C(=O)C[C@@H](CCCCN)C(N)=O.[HH].[HH]. The van der Waals surface area contributed by atoms with Gasteiger partial charge in [-0.05, 0) is 57.9 Å². The van der Waals surface area contributed by atoms with E-state index in [0.717, 1.165) is 51.4 Å². The number of carboxylic acids is 2. The summed E-state index contributed by atoms with van der Waals surface area (Å²) in [6, 6.07) is -0.977. The maximum Gasteiger partial charge on any atom is 0.326 e. The second-order valence-electron chi connectivity index (χ2n) is 17.7. The quantitative estimate of drug-likeness (QED) is 0.0296. The molecular formula is C50H96N4O13. The zero-order valence-electron chi connectivity index (χ0n) is 41.6. The molecule has 0 rings (SSSR count). The van der Waals surface area contributed by atoms with Crippen LogP contribution in [0.25, 0.3) is 0 Å². The fraction of sp³-hybridized carbons (Fsp3) is 0.840. The Morgan fingerprint density at radius 2 is 1.12 bits per heavy atom. The Morgan fingerprint density at radius 3 is 1.63 bits per heavy atom. The number of aliphatic carboxylic acids is 2. The molecule has 17 nitrogen and oxygen atoms in total. The first-order valence-corrected chi connectivity index (χ1v) is 25.5. The number of carbonyl (C=O) groups excluding carboxylic acids is 6. The van der Waals surface area contributed by atoms with Crippen LogP contribution in [-0.4, -0.2) is 114 Å². The minimum Gasteiger partial charge on any atom is -0.481 e. The molecular weight excluding hydrogens is 865 g/mol. The minimum atomic E-state index is -1.09. The van der Waals surface area contributed by atoms with Gasteiger partial charge in [0.15, 0.2) is 0 Å². The third-order valence-corrected chi connectivity index (χ3v) is 11.6. The van der Waals surface area contributed by atoms with Crippen LogP contribution in [0.5, 0.6) is 0 Å². The van der Waals surface area contributed by atoms with Gasteiger partial charge >= 0.3 is 11.9 Å². The summed E-state index contributed by atoms with van der Waals surface area (Å²) in [5.41, 5.74) is 11.0. The lowest BCUT2D eigenvalue weighted by molar-refractivity contribution is -0.142. The van der Waals surface area contributed by atoms with Crippen molar-refractivity contribution in [1.29, 1.82) is 0 Å². The van der Waals surface area contributed by atoms with Crippen LogP contribution < -0.4 is 22.1 Å². The maximum atomic E-state index is 13.0. The molecule has 17 heteroatoms. The van der Waals surface area contributed by atoms with Crippen LogP contribution in [0.3, 0.4) is 0 Å². The zero-order valence-corrected chi connectivity index (χ0v) is 41.6. The summed E-state index contributed by atoms with van der Waals surface area (Å²) in [5.74, 6) is -4.78. The van der Waals surface area contributed by atoms with E-state index in [1.165, 1.54) is 51.4 Å². The Kier molecular flexibility index (Phi) is 44.8. The molecule has 0 fully saturated rings. The van der Waals surface area contributed by atoms with Gasteiger partial charge in [0.25, 0.3) is 0 Å². The number of aliphatic hydroxyl groups excluding tert-OH is 1. The lowest BCUT2D eigenvalue weighted by Crippen LogP contribution is -2.41. The number of hydrogen-bond acceptors (Lipinski definition) is 12. The van der Waals surface area contributed by atoms with Gasteiger partial charge in [0.1, 0.15) is 30.0 Å². The molecule has 0 saturated heterocycles. The van der Waals surface area contributed by atoms with Gasteiger partial charge in [0, 0.05) is 72.3 Å². The molecule has 394 valence electrons. The van der Waals surface area contributed by atoms with Crippen LogP contribution >= 0.6 is 0 Å². The average molecular weight is 961 g/mol. The van der Waals surface area contributed by atoms with Gasteiger partial charge in [0.2, 0.25) is 17.7 Å². The Morgan fingerprint density at radius 1 is 0.597 bits per heavy atom. The van der Waals surface area contributed by atoms with Gasteiger partial charge in [-0.1, -0.05) is 111 Å². The van der Waals surface area contributed by atoms with Gasteiger partial charge in [-0.15, -0.1) is 0 Å². The number of rotatable bonds is 47. The lowest BCUT2D eigenvalue weighted by Gasteiger charge is -2.20. The van der Waals surface area contributed by atoms with Crippen molar-refractivity contribution in [3.8, 4) is 0 Å². The number of carboxylic acid groups (broad SMARTS) is 2. The van der Waals surface area contributed by atoms with Crippen LogP contribution in [-0.2, 0) is 47.8 Å². The normalized spacial score (nSPS) is 12.8. The first-order chi connectivity index (χ1) is 32.1. The molecule has 3 amide bonds. The van der Waals surface area contributed by atoms with Crippen LogP contribution in [0.2, 0.25) is 0 Å². The molecule has 0 radical (unpaired) electrons. The molecule has 0 unspecified atom stereocenters. The standard InChI is InChI=1S/C25H47N3O7.C25H45NO6.2H2/c1-3-12-34-13-14-35-18-24(32)28-11-7-5-8-20(15-22(30)19(2)17-29)23(31)16-21(25(27)33)9-4-6-10-26;1-2-21(27)19-20-22(25(31)32)26-23(28)17-15-13-11-9-7-5-3-4-6-8-10-12-14-16-18-24(29)30;;/h19-21,29H,3-18,26H2,1-2H3,(H2,27,33)(H,28,32);22H,2-20H2,1H3,(H,26,28)(H,29,30)(H,31,32);2*1H/t19-,20-,21-;22-;;/m10../s1. The molecule has 0 aromatic heterocycles. The number of ether oxygens (including phenoxy) is 2. The molecule has 67 heavy (non-hydrogen) atoms. The predicted octanol–water partition coefficient (Wildman–Crippen LogP) is 7.24. The highest BCUT2D eigenvalue weighted by molar-refractivity contribution is 5.91. The summed E-state index contributed by atoms with van der Waals surface area (Å²) < 4.78 is 10.5. The summed E-state index contributed by atoms with van der Waals surface area (Å²) in [4.78, 5) is 94.0. The van der Waals surface area contributed by atoms with E-state index >= 15 is 0 Å². The number of unbranched alkanes of at least 4 members (excludes halogenated alkanes) is 15. The fourth-order valence-corrected chi connectivity index (χ4v) is 7.23. The van der Waals surface area contributed by atoms with E-state index in [2.05, 4.69) is 10.6 Å². The van der Waals surface area contributed by atoms with Crippen molar-refractivity contribution in [2.75, 3.05) is 46.1 Å². The van der Waals surface area contributed by atoms with Gasteiger partial charge in [-0.25, -0.2) is 4.79 Å². The predicted molar refractivity (Wildman–Crippen MR) is 263 cm³/mol. The highest BCUT2D eigenvalue weighted by Gasteiger charge is 2.28. The number of primary amides is 1. The zero-order chi connectivity index (χ0) is 50.5. The summed E-state index contributed by atoms with van der Waals surface area (Å²) in [6.45, 7) is 7.48. The van der Waals surface area contributed by atoms with E-state index < -0.39 is 41.6 Å². The highest BCUT2D eigenvalue weighted by atomic mass is 16.5. The second-order valence-corrected chi connectivity index (χ2v) is 17.7. The lowest BCUT2D eigenvalue weighted by atomic mass is 9.84. The van der Waals surface area contributed by atoms with Gasteiger partial charge in [-0.3, -0.25) is 33.6 Å². The van der Waals surface area contributed by atoms with E-state index in [0.29, 0.717) is 84.3 Å². The number of Topliss-reactive ketones (excluding diaryl/α,β-unsaturated/α-hetero) is 3. The summed E-state index contributed by atoms with van der Waals surface area (Å²) >= 11 is 0. The molecule has 0 saturated carbocycles. The minimum absolute atomic E-state index is 0. The Balaban J connectivity index is -0.000000597. The van der Waals surface area contributed by atoms with E-state index in [9.17, 15) is 48.6 Å². The van der Waals surface area contributed by atoms with Crippen molar-refractivity contribution >= 4 is 47.0 Å². The van der Waals surface area contributed by atoms with E-state index in [4.69, 9.17) is 26.0 Å². The summed E-state index contributed by atoms with van der Waals surface area (Å²) in [5, 5.41) is 32.3. The first-order valence-electron chi connectivity index (χ1n) is 25.5. The van der Waals surface area contributed by atoms with E-state index in [-0.39, 0.29) is 70.9 Å². The van der Waals surface area contributed by atoms with Crippen molar-refractivity contribution in [2.24, 2.45) is 29.2 Å². The monoisotopic (exact) mass is 961 g/mol. The Labute approximate surface area is 404 Å². The number of ketones is 3. The third-order valence-electron chi connectivity index (χ3n) is 11.6. The molecule has 0 aromatic carbocycles. The molecule has 0 aromatic rings. The molecule has 0 spiro atoms. The number of carbonyl (C=O) groups is 8. The molecule has 4 atom stereocenters. The van der Waals surface area contributed by atoms with Gasteiger partial charge < -0.3 is 46.9 Å². The average Bonchev–Trinajstić information content (AvgIpc) is 3.29. The largest absolute Gasteiger partial charge is 0.481 e. The van der Waals surface area contributed by atoms with Gasteiger partial charge in [0.05, 0.1) is 19.8 Å². The summed E-state index contributed by atoms with van der Waals surface area (Å²) in [7, 11) is 0. The number of nitrogens with two attached hydrogens (primary N) is 2. The van der Waals surface area contributed by atoms with Crippen molar-refractivity contribution in [3.63, 3.8) is 0 Å². The third kappa shape index (κ3) is 42.1. The number of aliphatic hydroxyl groups is 1. The van der Waals surface area contributed by atoms with E-state index in [1.54, 1.807) is 13.8 Å². The number of hydrogen-bond donors (Lipinski definition) is 7. The van der Waals surface area contributed by atoms with Crippen molar-refractivity contribution in [1.82, 2.24) is 10.6 Å². The van der Waals surface area contributed by atoms with Crippen LogP contribution in [0.1, 0.15) is 203 Å². The second kappa shape index (κ2) is 46.0. The Hall–Kier alpha value is -3.80. The van der Waals surface area contributed by atoms with Crippen LogP contribution in [0.15, 0.2) is 0 Å². The smallest absolute Gasteiger partial charge is 0.326 e. The highest BCUT2D eigenvalue weighted by Crippen LogP contribution is 2.23. The number of nitrogens with one attached hydrogen (secondary N) is 2. The maximum absolute atomic E-state index is 13.0. The molecule has 0 bridgehead atoms. The van der Waals surface area contributed by atoms with Crippen molar-refractivity contribution in [2.45, 2.75) is 207 Å².